The normalized spacial score (nSPS) is 13.6. The van der Waals surface area contributed by atoms with Crippen LogP contribution in [-0.4, -0.2) is 36.7 Å². The van der Waals surface area contributed by atoms with Crippen LogP contribution in [0, 0.1) is 5.92 Å². The Hall–Kier alpha value is -3.12. The molecule has 0 heterocycles. The topological polar surface area (TPSA) is 87.7 Å². The van der Waals surface area contributed by atoms with E-state index in [4.69, 9.17) is 9.84 Å². The third-order valence-electron chi connectivity index (χ3n) is 4.89. The first-order valence-corrected chi connectivity index (χ1v) is 10.3. The summed E-state index contributed by atoms with van der Waals surface area (Å²) in [5.41, 5.74) is 2.53. The highest BCUT2D eigenvalue weighted by atomic mass is 16.5. The smallest absolute Gasteiger partial charge is 0.267 e. The highest BCUT2D eigenvalue weighted by Gasteiger charge is 2.22. The summed E-state index contributed by atoms with van der Waals surface area (Å²) in [5, 5.41) is 14.2. The van der Waals surface area contributed by atoms with Crippen molar-refractivity contribution in [3.05, 3.63) is 70.9 Å². The molecule has 2 aromatic rings. The zero-order valence-corrected chi connectivity index (χ0v) is 17.2. The van der Waals surface area contributed by atoms with E-state index in [1.165, 1.54) is 18.4 Å². The van der Waals surface area contributed by atoms with Gasteiger partial charge in [0.1, 0.15) is 11.4 Å². The van der Waals surface area contributed by atoms with Gasteiger partial charge in [-0.1, -0.05) is 31.2 Å². The fourth-order valence-corrected chi connectivity index (χ4v) is 2.83. The second kappa shape index (κ2) is 10.6. The molecule has 158 valence electrons. The molecule has 1 saturated carbocycles. The van der Waals surface area contributed by atoms with Crippen LogP contribution < -0.4 is 15.4 Å². The third kappa shape index (κ3) is 6.46. The summed E-state index contributed by atoms with van der Waals surface area (Å²) in [5.74, 6) is 0.538. The molecule has 1 aliphatic rings. The molecule has 0 bridgehead atoms. The van der Waals surface area contributed by atoms with Crippen molar-refractivity contribution in [3.8, 4) is 5.75 Å². The molecule has 0 aliphatic heterocycles. The largest absolute Gasteiger partial charge is 0.493 e. The van der Waals surface area contributed by atoms with E-state index in [0.29, 0.717) is 18.1 Å². The average Bonchev–Trinajstić information content (AvgIpc) is 3.61. The van der Waals surface area contributed by atoms with E-state index in [1.54, 1.807) is 30.3 Å². The van der Waals surface area contributed by atoms with Gasteiger partial charge >= 0.3 is 0 Å². The number of hydrogen-bond donors (Lipinski definition) is 3. The van der Waals surface area contributed by atoms with E-state index in [9.17, 15) is 9.59 Å². The SMILES string of the molecule is CCc1ccc(/C=C(/NC(=O)c2ccc(OCC3CC3)cc2)C(=O)NCCO)cc1. The molecule has 3 rings (SSSR count). The number of nitrogens with one attached hydrogen (secondary N) is 2. The summed E-state index contributed by atoms with van der Waals surface area (Å²) in [4.78, 5) is 25.2. The van der Waals surface area contributed by atoms with Gasteiger partial charge in [-0.15, -0.1) is 0 Å². The monoisotopic (exact) mass is 408 g/mol. The standard InChI is InChI=1S/C24H28N2O4/c1-2-17-3-5-18(6-4-17)15-22(24(29)25-13-14-27)26-23(28)20-9-11-21(12-10-20)30-16-19-7-8-19/h3-6,9-12,15,19,27H,2,7-8,13-14,16H2,1H3,(H,25,29)(H,26,28)/b22-15+. The van der Waals surface area contributed by atoms with Gasteiger partial charge in [0.2, 0.25) is 0 Å². The molecular formula is C24H28N2O4. The molecule has 2 aromatic carbocycles. The van der Waals surface area contributed by atoms with Crippen LogP contribution in [0.3, 0.4) is 0 Å². The van der Waals surface area contributed by atoms with Crippen molar-refractivity contribution in [2.75, 3.05) is 19.8 Å². The number of rotatable bonds is 10. The van der Waals surface area contributed by atoms with Crippen molar-refractivity contribution < 1.29 is 19.4 Å². The van der Waals surface area contributed by atoms with E-state index in [0.717, 1.165) is 17.7 Å². The minimum atomic E-state index is -0.457. The number of carbonyl (C=O) groups is 2. The van der Waals surface area contributed by atoms with Crippen molar-refractivity contribution >= 4 is 17.9 Å². The zero-order chi connectivity index (χ0) is 21.3. The lowest BCUT2D eigenvalue weighted by Crippen LogP contribution is -2.36. The summed E-state index contributed by atoms with van der Waals surface area (Å²) in [6, 6.07) is 14.6. The first-order valence-electron chi connectivity index (χ1n) is 10.3. The van der Waals surface area contributed by atoms with Gasteiger partial charge in [0.15, 0.2) is 0 Å². The summed E-state index contributed by atoms with van der Waals surface area (Å²) >= 11 is 0. The van der Waals surface area contributed by atoms with Crippen LogP contribution in [0.5, 0.6) is 5.75 Å². The fourth-order valence-electron chi connectivity index (χ4n) is 2.83. The highest BCUT2D eigenvalue weighted by molar-refractivity contribution is 6.05. The first kappa shape index (κ1) is 21.6. The third-order valence-corrected chi connectivity index (χ3v) is 4.89. The molecule has 1 aliphatic carbocycles. The Bertz CT molecular complexity index is 884. The maximum absolute atomic E-state index is 12.7. The number of benzene rings is 2. The van der Waals surface area contributed by atoms with Crippen LogP contribution in [0.1, 0.15) is 41.3 Å². The number of hydrogen-bond acceptors (Lipinski definition) is 4. The van der Waals surface area contributed by atoms with E-state index in [2.05, 4.69) is 17.6 Å². The highest BCUT2D eigenvalue weighted by Crippen LogP contribution is 2.29. The fraction of sp³-hybridized carbons (Fsp3) is 0.333. The lowest BCUT2D eigenvalue weighted by molar-refractivity contribution is -0.117. The van der Waals surface area contributed by atoms with E-state index < -0.39 is 5.91 Å². The Morgan fingerprint density at radius 1 is 1.10 bits per heavy atom. The second-order valence-corrected chi connectivity index (χ2v) is 7.37. The van der Waals surface area contributed by atoms with Gasteiger partial charge in [0.25, 0.3) is 11.8 Å². The van der Waals surface area contributed by atoms with Gasteiger partial charge in [0.05, 0.1) is 13.2 Å². The van der Waals surface area contributed by atoms with E-state index >= 15 is 0 Å². The summed E-state index contributed by atoms with van der Waals surface area (Å²) < 4.78 is 5.70. The number of aryl methyl sites for hydroxylation is 1. The Labute approximate surface area is 177 Å². The second-order valence-electron chi connectivity index (χ2n) is 7.37. The Kier molecular flexibility index (Phi) is 7.63. The minimum absolute atomic E-state index is 0.105. The summed E-state index contributed by atoms with van der Waals surface area (Å²) in [6.07, 6.45) is 4.98. The number of amides is 2. The predicted octanol–water partition coefficient (Wildman–Crippen LogP) is 2.92. The molecule has 0 radical (unpaired) electrons. The molecule has 6 heteroatoms. The van der Waals surface area contributed by atoms with Crippen molar-refractivity contribution in [1.29, 1.82) is 0 Å². The Morgan fingerprint density at radius 2 is 1.80 bits per heavy atom. The zero-order valence-electron chi connectivity index (χ0n) is 17.2. The van der Waals surface area contributed by atoms with Crippen molar-refractivity contribution in [3.63, 3.8) is 0 Å². The van der Waals surface area contributed by atoms with E-state index in [1.807, 2.05) is 24.3 Å². The van der Waals surface area contributed by atoms with Gasteiger partial charge in [-0.2, -0.15) is 0 Å². The average molecular weight is 408 g/mol. The maximum Gasteiger partial charge on any atom is 0.267 e. The van der Waals surface area contributed by atoms with Crippen LogP contribution in [0.15, 0.2) is 54.2 Å². The summed E-state index contributed by atoms with van der Waals surface area (Å²) in [7, 11) is 0. The van der Waals surface area contributed by atoms with Crippen LogP contribution in [0.4, 0.5) is 0 Å². The van der Waals surface area contributed by atoms with Gasteiger partial charge < -0.3 is 20.5 Å². The van der Waals surface area contributed by atoms with Crippen LogP contribution in [0.2, 0.25) is 0 Å². The number of carbonyl (C=O) groups excluding carboxylic acids is 2. The van der Waals surface area contributed by atoms with Gasteiger partial charge in [-0.05, 0) is 66.6 Å². The van der Waals surface area contributed by atoms with Gasteiger partial charge in [-0.25, -0.2) is 0 Å². The molecule has 1 fully saturated rings. The number of aliphatic hydroxyl groups is 1. The molecule has 6 nitrogen and oxygen atoms in total. The van der Waals surface area contributed by atoms with Gasteiger partial charge in [-0.3, -0.25) is 9.59 Å². The Balaban J connectivity index is 1.71. The maximum atomic E-state index is 12.7. The molecule has 0 saturated heterocycles. The van der Waals surface area contributed by atoms with Crippen LogP contribution >= 0.6 is 0 Å². The molecule has 2 amide bonds. The molecule has 3 N–H and O–H groups in total. The minimum Gasteiger partial charge on any atom is -0.493 e. The number of aliphatic hydroxyl groups excluding tert-OH is 1. The van der Waals surface area contributed by atoms with Crippen LogP contribution in [0.25, 0.3) is 6.08 Å². The lowest BCUT2D eigenvalue weighted by Gasteiger charge is -2.11. The molecule has 0 spiro atoms. The molecule has 0 aromatic heterocycles. The van der Waals surface area contributed by atoms with Gasteiger partial charge in [0, 0.05) is 12.1 Å². The summed E-state index contributed by atoms with van der Waals surface area (Å²) in [6.45, 7) is 2.70. The molecule has 0 atom stereocenters. The Morgan fingerprint density at radius 3 is 2.40 bits per heavy atom. The lowest BCUT2D eigenvalue weighted by atomic mass is 10.1. The van der Waals surface area contributed by atoms with Crippen molar-refractivity contribution in [1.82, 2.24) is 10.6 Å². The molecule has 30 heavy (non-hydrogen) atoms. The van der Waals surface area contributed by atoms with Crippen LogP contribution in [-0.2, 0) is 11.2 Å². The van der Waals surface area contributed by atoms with E-state index in [-0.39, 0.29) is 24.8 Å². The van der Waals surface area contributed by atoms with Crippen molar-refractivity contribution in [2.45, 2.75) is 26.2 Å². The van der Waals surface area contributed by atoms with Crippen molar-refractivity contribution in [2.24, 2.45) is 5.92 Å². The molecule has 0 unspecified atom stereocenters. The first-order chi connectivity index (χ1) is 14.6. The number of ether oxygens (including phenoxy) is 1. The molecular weight excluding hydrogens is 380 g/mol. The predicted molar refractivity (Wildman–Crippen MR) is 116 cm³/mol. The quantitative estimate of drug-likeness (QED) is 0.528.